The van der Waals surface area contributed by atoms with Crippen LogP contribution in [0.3, 0.4) is 0 Å². The lowest BCUT2D eigenvalue weighted by molar-refractivity contribution is 0.0934. The minimum Gasteiger partial charge on any atom is -0.396 e. The fourth-order valence-electron chi connectivity index (χ4n) is 3.58. The van der Waals surface area contributed by atoms with Gasteiger partial charge >= 0.3 is 6.09 Å². The van der Waals surface area contributed by atoms with Crippen LogP contribution in [0.1, 0.15) is 38.1 Å². The zero-order valence-corrected chi connectivity index (χ0v) is 17.9. The molecule has 0 fully saturated rings. The van der Waals surface area contributed by atoms with Crippen molar-refractivity contribution in [2.24, 2.45) is 5.73 Å². The molecule has 3 aromatic rings. The van der Waals surface area contributed by atoms with Gasteiger partial charge in [-0.2, -0.15) is 0 Å². The van der Waals surface area contributed by atoms with Gasteiger partial charge in [-0.05, 0) is 43.0 Å². The fourth-order valence-corrected chi connectivity index (χ4v) is 4.77. The van der Waals surface area contributed by atoms with Crippen molar-refractivity contribution in [1.82, 2.24) is 15.3 Å². The number of fused-ring (bicyclic) bond motifs is 3. The van der Waals surface area contributed by atoms with Gasteiger partial charge in [0.1, 0.15) is 6.33 Å². The molecule has 0 bridgehead atoms. The predicted molar refractivity (Wildman–Crippen MR) is 116 cm³/mol. The molecule has 4 rings (SSSR count). The third-order valence-electron chi connectivity index (χ3n) is 4.99. The first-order valence-electron chi connectivity index (χ1n) is 9.57. The van der Waals surface area contributed by atoms with Crippen molar-refractivity contribution < 1.29 is 19.4 Å². The average Bonchev–Trinajstić information content (AvgIpc) is 3.19. The zero-order chi connectivity index (χ0) is 22.0. The highest BCUT2D eigenvalue weighted by molar-refractivity contribution is 7.14. The van der Waals surface area contributed by atoms with E-state index in [1.54, 1.807) is 18.2 Å². The van der Waals surface area contributed by atoms with Crippen LogP contribution in [0, 0.1) is 0 Å². The minimum absolute atomic E-state index is 0.0680. The van der Waals surface area contributed by atoms with Crippen molar-refractivity contribution in [1.29, 1.82) is 0 Å². The maximum Gasteiger partial charge on any atom is 0.411 e. The number of thiophene rings is 1. The molecule has 2 heterocycles. The molecule has 160 valence electrons. The van der Waals surface area contributed by atoms with Crippen molar-refractivity contribution >= 4 is 34.9 Å². The van der Waals surface area contributed by atoms with Crippen LogP contribution in [0.15, 0.2) is 36.7 Å². The summed E-state index contributed by atoms with van der Waals surface area (Å²) in [5.41, 5.74) is 8.13. The summed E-state index contributed by atoms with van der Waals surface area (Å²) in [5.74, 6) is -0.0943. The van der Waals surface area contributed by atoms with Crippen LogP contribution in [-0.4, -0.2) is 33.7 Å². The summed E-state index contributed by atoms with van der Waals surface area (Å²) in [5, 5.41) is 13.0. The Morgan fingerprint density at radius 1 is 1.26 bits per heavy atom. The molecule has 4 N–H and O–H groups in total. The second-order valence-electron chi connectivity index (χ2n) is 6.96. The lowest BCUT2D eigenvalue weighted by Crippen LogP contribution is -2.28. The maximum absolute atomic E-state index is 13.0. The first-order chi connectivity index (χ1) is 15.0. The molecule has 0 spiro atoms. The number of halogens is 1. The first-order valence-corrected chi connectivity index (χ1v) is 10.8. The van der Waals surface area contributed by atoms with E-state index in [1.165, 1.54) is 17.7 Å². The molecule has 31 heavy (non-hydrogen) atoms. The van der Waals surface area contributed by atoms with E-state index in [0.29, 0.717) is 40.4 Å². The number of aryl methyl sites for hydroxylation is 1. The second kappa shape index (κ2) is 9.01. The van der Waals surface area contributed by atoms with Gasteiger partial charge in [-0.15, -0.1) is 11.3 Å². The summed E-state index contributed by atoms with van der Waals surface area (Å²) in [7, 11) is 0. The highest BCUT2D eigenvalue weighted by atomic mass is 35.5. The van der Waals surface area contributed by atoms with E-state index < -0.39 is 6.09 Å². The van der Waals surface area contributed by atoms with Gasteiger partial charge in [0.25, 0.3) is 5.91 Å². The van der Waals surface area contributed by atoms with Crippen molar-refractivity contribution in [3.63, 3.8) is 0 Å². The lowest BCUT2D eigenvalue weighted by atomic mass is 9.95. The molecule has 8 nitrogen and oxygen atoms in total. The number of nitrogens with zero attached hydrogens (tertiary/aromatic N) is 2. The molecule has 1 aliphatic carbocycles. The number of aliphatic hydroxyl groups is 1. The van der Waals surface area contributed by atoms with Gasteiger partial charge in [-0.1, -0.05) is 23.7 Å². The van der Waals surface area contributed by atoms with Gasteiger partial charge in [0, 0.05) is 27.6 Å². The highest BCUT2D eigenvalue weighted by Crippen LogP contribution is 2.40. The van der Waals surface area contributed by atoms with Gasteiger partial charge in [0.2, 0.25) is 5.88 Å². The molecule has 1 atom stereocenters. The Kier molecular flexibility index (Phi) is 6.17. The SMILES string of the molecule is NC(=O)Oc1ncnc2c1CCc1sc(C(=O)NC(CCO)c3ccc(Cl)cc3)cc1-2. The number of hydrogen-bond donors (Lipinski definition) is 3. The standard InChI is InChI=1S/C21H19ClN4O4S/c22-12-3-1-11(2-4-12)15(7-8-27)26-19(28)17-9-14-16(31-17)6-5-13-18(14)24-10-25-20(13)30-21(23)29/h1-4,9-10,15,27H,5-8H2,(H2,23,29)(H,26,28). The molecule has 0 saturated heterocycles. The van der Waals surface area contributed by atoms with Gasteiger partial charge in [-0.25, -0.2) is 14.8 Å². The van der Waals surface area contributed by atoms with Crippen molar-refractivity contribution in [2.45, 2.75) is 25.3 Å². The molecule has 1 aliphatic rings. The van der Waals surface area contributed by atoms with Crippen LogP contribution in [0.2, 0.25) is 5.02 Å². The molecule has 2 amide bonds. The van der Waals surface area contributed by atoms with E-state index >= 15 is 0 Å². The Hall–Kier alpha value is -3.01. The smallest absolute Gasteiger partial charge is 0.396 e. The van der Waals surface area contributed by atoms with Gasteiger partial charge in [0.05, 0.1) is 16.6 Å². The molecule has 1 unspecified atom stereocenters. The Morgan fingerprint density at radius 3 is 2.74 bits per heavy atom. The zero-order valence-electron chi connectivity index (χ0n) is 16.3. The normalized spacial score (nSPS) is 13.1. The van der Waals surface area contributed by atoms with Gasteiger partial charge < -0.3 is 20.9 Å². The lowest BCUT2D eigenvalue weighted by Gasteiger charge is -2.18. The van der Waals surface area contributed by atoms with Crippen molar-refractivity contribution in [3.05, 3.63) is 62.6 Å². The maximum atomic E-state index is 13.0. The Balaban J connectivity index is 1.60. The molecule has 0 saturated carbocycles. The van der Waals surface area contributed by atoms with Crippen LogP contribution < -0.4 is 15.8 Å². The molecular weight excluding hydrogens is 440 g/mol. The number of nitrogens with two attached hydrogens (primary N) is 1. The summed E-state index contributed by atoms with van der Waals surface area (Å²) in [6.07, 6.45) is 1.99. The summed E-state index contributed by atoms with van der Waals surface area (Å²) in [4.78, 5) is 34.0. The number of aromatic nitrogens is 2. The minimum atomic E-state index is -0.936. The van der Waals surface area contributed by atoms with E-state index in [1.807, 2.05) is 12.1 Å². The van der Waals surface area contributed by atoms with E-state index in [4.69, 9.17) is 22.1 Å². The quantitative estimate of drug-likeness (QED) is 0.520. The summed E-state index contributed by atoms with van der Waals surface area (Å²) in [6, 6.07) is 8.59. The number of aliphatic hydroxyl groups excluding tert-OH is 1. The Morgan fingerprint density at radius 2 is 2.03 bits per heavy atom. The molecular formula is C21H19ClN4O4S. The number of nitrogens with one attached hydrogen (secondary N) is 1. The number of amides is 2. The second-order valence-corrected chi connectivity index (χ2v) is 8.54. The monoisotopic (exact) mass is 458 g/mol. The molecule has 0 aliphatic heterocycles. The third kappa shape index (κ3) is 4.53. The predicted octanol–water partition coefficient (Wildman–Crippen LogP) is 3.27. The van der Waals surface area contributed by atoms with Gasteiger partial charge in [-0.3, -0.25) is 4.79 Å². The largest absolute Gasteiger partial charge is 0.411 e. The topological polar surface area (TPSA) is 127 Å². The van der Waals surface area contributed by atoms with E-state index in [-0.39, 0.29) is 24.4 Å². The van der Waals surface area contributed by atoms with Crippen LogP contribution in [0.4, 0.5) is 4.79 Å². The van der Waals surface area contributed by atoms with E-state index in [0.717, 1.165) is 16.0 Å². The number of primary amides is 1. The summed E-state index contributed by atoms with van der Waals surface area (Å²) in [6.45, 7) is -0.0680. The number of rotatable bonds is 6. The third-order valence-corrected chi connectivity index (χ3v) is 6.43. The van der Waals surface area contributed by atoms with Crippen LogP contribution >= 0.6 is 22.9 Å². The number of benzene rings is 1. The fraction of sp³-hybridized carbons (Fsp3) is 0.238. The molecule has 10 heteroatoms. The van der Waals surface area contributed by atoms with Gasteiger partial charge in [0.15, 0.2) is 0 Å². The van der Waals surface area contributed by atoms with Crippen LogP contribution in [0.25, 0.3) is 11.3 Å². The van der Waals surface area contributed by atoms with E-state index in [2.05, 4.69) is 15.3 Å². The average molecular weight is 459 g/mol. The highest BCUT2D eigenvalue weighted by Gasteiger charge is 2.27. The summed E-state index contributed by atoms with van der Waals surface area (Å²) >= 11 is 7.35. The van der Waals surface area contributed by atoms with Crippen molar-refractivity contribution in [3.8, 4) is 17.1 Å². The summed E-state index contributed by atoms with van der Waals surface area (Å²) < 4.78 is 5.00. The molecule has 0 radical (unpaired) electrons. The Bertz CT molecular complexity index is 1130. The van der Waals surface area contributed by atoms with Crippen LogP contribution in [-0.2, 0) is 12.8 Å². The molecule has 2 aromatic heterocycles. The number of carbonyl (C=O) groups excluding carboxylic acids is 2. The molecule has 1 aromatic carbocycles. The Labute approximate surface area is 187 Å². The van der Waals surface area contributed by atoms with Crippen molar-refractivity contribution in [2.75, 3.05) is 6.61 Å². The number of hydrogen-bond acceptors (Lipinski definition) is 7. The van der Waals surface area contributed by atoms with Crippen LogP contribution in [0.5, 0.6) is 5.88 Å². The first kappa shape index (κ1) is 21.2. The number of carbonyl (C=O) groups is 2. The number of ether oxygens (including phenoxy) is 1. The van der Waals surface area contributed by atoms with E-state index in [9.17, 15) is 14.7 Å².